The molecule has 1 saturated carbocycles. The van der Waals surface area contributed by atoms with Crippen LogP contribution in [0.1, 0.15) is 17.7 Å². The van der Waals surface area contributed by atoms with Crippen LogP contribution in [0.5, 0.6) is 5.75 Å². The Morgan fingerprint density at radius 2 is 2.05 bits per heavy atom. The second-order valence-corrected chi connectivity index (χ2v) is 6.36. The van der Waals surface area contributed by atoms with Crippen molar-refractivity contribution >= 4 is 17.2 Å². The normalized spacial score (nSPS) is 15.5. The molecule has 1 aromatic carbocycles. The summed E-state index contributed by atoms with van der Waals surface area (Å²) in [5.41, 5.74) is 7.55. The predicted molar refractivity (Wildman–Crippen MR) is 84.3 cm³/mol. The number of hydrogen-bond acceptors (Lipinski definition) is 4. The van der Waals surface area contributed by atoms with Crippen LogP contribution in [-0.4, -0.2) is 18.6 Å². The summed E-state index contributed by atoms with van der Waals surface area (Å²) < 4.78 is 5.16. The zero-order valence-corrected chi connectivity index (χ0v) is 12.7. The first-order valence-electron chi connectivity index (χ1n) is 6.90. The summed E-state index contributed by atoms with van der Waals surface area (Å²) in [6.07, 6.45) is 1.58. The first-order chi connectivity index (χ1) is 10.1. The molecule has 1 aliphatic rings. The smallest absolute Gasteiger partial charge is 0.240 e. The third-order valence-corrected chi connectivity index (χ3v) is 4.68. The number of benzene rings is 1. The molecular formula is C16H18N2O2S. The minimum atomic E-state index is -0.601. The van der Waals surface area contributed by atoms with Gasteiger partial charge in [-0.05, 0) is 47.5 Å². The monoisotopic (exact) mass is 302 g/mol. The van der Waals surface area contributed by atoms with Gasteiger partial charge < -0.3 is 15.8 Å². The molecular weight excluding hydrogens is 284 g/mol. The van der Waals surface area contributed by atoms with Gasteiger partial charge in [-0.2, -0.15) is 0 Å². The molecule has 1 fully saturated rings. The molecule has 21 heavy (non-hydrogen) atoms. The Balaban J connectivity index is 1.64. The van der Waals surface area contributed by atoms with E-state index < -0.39 is 5.54 Å². The van der Waals surface area contributed by atoms with Gasteiger partial charge in [-0.3, -0.25) is 4.79 Å². The van der Waals surface area contributed by atoms with Crippen molar-refractivity contribution in [1.29, 1.82) is 0 Å². The molecule has 0 bridgehead atoms. The van der Waals surface area contributed by atoms with Gasteiger partial charge in [0, 0.05) is 4.88 Å². The number of nitrogens with one attached hydrogen (secondary N) is 1. The minimum Gasteiger partial charge on any atom is -0.497 e. The fraction of sp³-hybridized carbons (Fsp3) is 0.312. The molecule has 2 aromatic rings. The van der Waals surface area contributed by atoms with E-state index in [9.17, 15) is 4.79 Å². The van der Waals surface area contributed by atoms with E-state index in [1.165, 1.54) is 0 Å². The highest BCUT2D eigenvalue weighted by molar-refractivity contribution is 7.10. The van der Waals surface area contributed by atoms with Gasteiger partial charge in [-0.15, -0.1) is 11.3 Å². The number of methoxy groups -OCH3 is 1. The maximum atomic E-state index is 11.8. The Bertz CT molecular complexity index is 645. The van der Waals surface area contributed by atoms with Gasteiger partial charge in [0.05, 0.1) is 19.2 Å². The van der Waals surface area contributed by atoms with Crippen molar-refractivity contribution in [3.63, 3.8) is 0 Å². The Labute approximate surface area is 127 Å². The van der Waals surface area contributed by atoms with Gasteiger partial charge in [0.25, 0.3) is 0 Å². The van der Waals surface area contributed by atoms with E-state index in [0.29, 0.717) is 6.54 Å². The van der Waals surface area contributed by atoms with Crippen molar-refractivity contribution in [2.75, 3.05) is 7.11 Å². The van der Waals surface area contributed by atoms with Crippen LogP contribution in [0.2, 0.25) is 0 Å². The van der Waals surface area contributed by atoms with Crippen LogP contribution in [0.25, 0.3) is 11.1 Å². The number of ether oxygens (including phenoxy) is 1. The highest BCUT2D eigenvalue weighted by Crippen LogP contribution is 2.32. The molecule has 1 aliphatic carbocycles. The average Bonchev–Trinajstić information content (AvgIpc) is 3.10. The molecule has 1 amide bonds. The lowest BCUT2D eigenvalue weighted by molar-refractivity contribution is -0.123. The highest BCUT2D eigenvalue weighted by atomic mass is 32.1. The molecule has 1 aromatic heterocycles. The first-order valence-corrected chi connectivity index (χ1v) is 7.78. The van der Waals surface area contributed by atoms with Crippen LogP contribution in [0.3, 0.4) is 0 Å². The van der Waals surface area contributed by atoms with Crippen LogP contribution in [0, 0.1) is 0 Å². The van der Waals surface area contributed by atoms with Gasteiger partial charge in [0.15, 0.2) is 0 Å². The number of thiophene rings is 1. The summed E-state index contributed by atoms with van der Waals surface area (Å²) >= 11 is 1.64. The minimum absolute atomic E-state index is 0.0399. The second-order valence-electron chi connectivity index (χ2n) is 5.37. The average molecular weight is 302 g/mol. The van der Waals surface area contributed by atoms with Gasteiger partial charge in [0.2, 0.25) is 5.91 Å². The van der Waals surface area contributed by atoms with E-state index in [-0.39, 0.29) is 5.91 Å². The Morgan fingerprint density at radius 3 is 2.67 bits per heavy atom. The summed E-state index contributed by atoms with van der Waals surface area (Å²) in [5.74, 6) is 0.807. The van der Waals surface area contributed by atoms with Crippen molar-refractivity contribution in [2.24, 2.45) is 5.73 Å². The lowest BCUT2D eigenvalue weighted by Crippen LogP contribution is -2.42. The third-order valence-electron chi connectivity index (χ3n) is 3.74. The van der Waals surface area contributed by atoms with Crippen molar-refractivity contribution in [2.45, 2.75) is 24.9 Å². The summed E-state index contributed by atoms with van der Waals surface area (Å²) in [7, 11) is 1.66. The SMILES string of the molecule is COc1ccc(-c2csc(CNC(=O)C3(N)CC3)c2)cc1. The maximum Gasteiger partial charge on any atom is 0.240 e. The fourth-order valence-electron chi connectivity index (χ4n) is 2.11. The quantitative estimate of drug-likeness (QED) is 0.892. The van der Waals surface area contributed by atoms with Gasteiger partial charge >= 0.3 is 0 Å². The molecule has 1 heterocycles. The number of nitrogens with two attached hydrogens (primary N) is 1. The number of carbonyl (C=O) groups excluding carboxylic acids is 1. The zero-order chi connectivity index (χ0) is 14.9. The van der Waals surface area contributed by atoms with Gasteiger partial charge in [-0.1, -0.05) is 12.1 Å². The van der Waals surface area contributed by atoms with E-state index in [4.69, 9.17) is 10.5 Å². The van der Waals surface area contributed by atoms with E-state index >= 15 is 0 Å². The number of amides is 1. The Hall–Kier alpha value is -1.85. The maximum absolute atomic E-state index is 11.8. The van der Waals surface area contributed by atoms with Crippen molar-refractivity contribution in [1.82, 2.24) is 5.32 Å². The lowest BCUT2D eigenvalue weighted by atomic mass is 10.1. The molecule has 4 nitrogen and oxygen atoms in total. The molecule has 3 N–H and O–H groups in total. The summed E-state index contributed by atoms with van der Waals surface area (Å²) in [6, 6.07) is 10.0. The summed E-state index contributed by atoms with van der Waals surface area (Å²) in [4.78, 5) is 12.9. The van der Waals surface area contributed by atoms with E-state index in [0.717, 1.165) is 34.6 Å². The van der Waals surface area contributed by atoms with Crippen LogP contribution in [0.15, 0.2) is 35.7 Å². The lowest BCUT2D eigenvalue weighted by Gasteiger charge is -2.08. The van der Waals surface area contributed by atoms with Gasteiger partial charge in [-0.25, -0.2) is 0 Å². The van der Waals surface area contributed by atoms with Gasteiger partial charge in [0.1, 0.15) is 5.75 Å². The largest absolute Gasteiger partial charge is 0.497 e. The molecule has 0 spiro atoms. The molecule has 0 atom stereocenters. The third kappa shape index (κ3) is 3.09. The Kier molecular flexibility index (Phi) is 3.69. The van der Waals surface area contributed by atoms with E-state index in [1.54, 1.807) is 18.4 Å². The topological polar surface area (TPSA) is 64.3 Å². The van der Waals surface area contributed by atoms with Crippen LogP contribution in [-0.2, 0) is 11.3 Å². The number of carbonyl (C=O) groups is 1. The second kappa shape index (κ2) is 5.50. The molecule has 110 valence electrons. The molecule has 0 radical (unpaired) electrons. The van der Waals surface area contributed by atoms with Crippen LogP contribution >= 0.6 is 11.3 Å². The fourth-order valence-corrected chi connectivity index (χ4v) is 2.95. The number of hydrogen-bond donors (Lipinski definition) is 2. The summed E-state index contributed by atoms with van der Waals surface area (Å²) in [6.45, 7) is 0.540. The molecule has 0 unspecified atom stereocenters. The molecule has 0 aliphatic heterocycles. The first kappa shape index (κ1) is 14.1. The molecule has 3 rings (SSSR count). The van der Waals surface area contributed by atoms with E-state index in [1.807, 2.05) is 24.3 Å². The van der Waals surface area contributed by atoms with Crippen LogP contribution < -0.4 is 15.8 Å². The van der Waals surface area contributed by atoms with Crippen molar-refractivity contribution in [3.8, 4) is 16.9 Å². The predicted octanol–water partition coefficient (Wildman–Crippen LogP) is 2.53. The Morgan fingerprint density at radius 1 is 1.33 bits per heavy atom. The summed E-state index contributed by atoms with van der Waals surface area (Å²) in [5, 5.41) is 5.01. The highest BCUT2D eigenvalue weighted by Gasteiger charge is 2.45. The van der Waals surface area contributed by atoms with E-state index in [2.05, 4.69) is 16.8 Å². The van der Waals surface area contributed by atoms with Crippen molar-refractivity contribution in [3.05, 3.63) is 40.6 Å². The zero-order valence-electron chi connectivity index (χ0n) is 11.9. The standard InChI is InChI=1S/C16H18N2O2S/c1-20-13-4-2-11(3-5-13)12-8-14(21-10-12)9-18-15(19)16(17)6-7-16/h2-5,8,10H,6-7,9,17H2,1H3,(H,18,19). The number of rotatable bonds is 5. The van der Waals surface area contributed by atoms with Crippen LogP contribution in [0.4, 0.5) is 0 Å². The molecule has 0 saturated heterocycles. The molecule has 5 heteroatoms. The van der Waals surface area contributed by atoms with Crippen molar-refractivity contribution < 1.29 is 9.53 Å².